The highest BCUT2D eigenvalue weighted by atomic mass is 16.5. The molecule has 1 amide bonds. The predicted molar refractivity (Wildman–Crippen MR) is 91.5 cm³/mol. The quantitative estimate of drug-likeness (QED) is 0.777. The topological polar surface area (TPSA) is 83.1 Å². The van der Waals surface area contributed by atoms with Crippen LogP contribution < -0.4 is 19.5 Å². The van der Waals surface area contributed by atoms with E-state index in [2.05, 4.69) is 5.32 Å². The van der Waals surface area contributed by atoms with Gasteiger partial charge in [0.1, 0.15) is 22.8 Å². The summed E-state index contributed by atoms with van der Waals surface area (Å²) >= 11 is 0. The van der Waals surface area contributed by atoms with Gasteiger partial charge in [0, 0.05) is 6.07 Å². The maximum Gasteiger partial charge on any atom is 0.342 e. The highest BCUT2D eigenvalue weighted by Gasteiger charge is 2.15. The lowest BCUT2D eigenvalue weighted by Crippen LogP contribution is -2.21. The highest BCUT2D eigenvalue weighted by molar-refractivity contribution is 5.97. The van der Waals surface area contributed by atoms with Crippen molar-refractivity contribution in [2.45, 2.75) is 0 Å². The molecule has 132 valence electrons. The van der Waals surface area contributed by atoms with Crippen molar-refractivity contribution in [1.82, 2.24) is 0 Å². The van der Waals surface area contributed by atoms with Crippen molar-refractivity contribution >= 4 is 17.6 Å². The molecule has 0 aliphatic rings. The SMILES string of the molecule is COc1ccc(OC)c(NC(=O)COC(=O)c2ccccc2OC)c1. The number of hydrogen-bond acceptors (Lipinski definition) is 6. The largest absolute Gasteiger partial charge is 0.497 e. The number of anilines is 1. The molecule has 0 bridgehead atoms. The maximum atomic E-state index is 12.1. The van der Waals surface area contributed by atoms with Gasteiger partial charge in [-0.3, -0.25) is 4.79 Å². The fourth-order valence-electron chi connectivity index (χ4n) is 2.12. The third-order valence-electron chi connectivity index (χ3n) is 3.34. The number of carbonyl (C=O) groups excluding carboxylic acids is 2. The van der Waals surface area contributed by atoms with Gasteiger partial charge in [-0.2, -0.15) is 0 Å². The normalized spacial score (nSPS) is 9.88. The monoisotopic (exact) mass is 345 g/mol. The molecule has 2 aromatic carbocycles. The van der Waals surface area contributed by atoms with Crippen molar-refractivity contribution in [3.63, 3.8) is 0 Å². The van der Waals surface area contributed by atoms with Crippen molar-refractivity contribution in [3.05, 3.63) is 48.0 Å². The lowest BCUT2D eigenvalue weighted by atomic mass is 10.2. The summed E-state index contributed by atoms with van der Waals surface area (Å²) < 4.78 is 20.4. The third kappa shape index (κ3) is 4.63. The summed E-state index contributed by atoms with van der Waals surface area (Å²) in [7, 11) is 4.45. The molecule has 2 aromatic rings. The molecule has 0 atom stereocenters. The van der Waals surface area contributed by atoms with Gasteiger partial charge in [-0.25, -0.2) is 4.79 Å². The van der Waals surface area contributed by atoms with Gasteiger partial charge in [-0.1, -0.05) is 12.1 Å². The summed E-state index contributed by atoms with van der Waals surface area (Å²) in [4.78, 5) is 24.1. The maximum absolute atomic E-state index is 12.1. The van der Waals surface area contributed by atoms with E-state index in [9.17, 15) is 9.59 Å². The summed E-state index contributed by atoms with van der Waals surface area (Å²) in [5, 5.41) is 2.62. The summed E-state index contributed by atoms with van der Waals surface area (Å²) in [5.41, 5.74) is 0.664. The zero-order chi connectivity index (χ0) is 18.2. The molecule has 7 heteroatoms. The smallest absolute Gasteiger partial charge is 0.342 e. The van der Waals surface area contributed by atoms with Crippen molar-refractivity contribution in [1.29, 1.82) is 0 Å². The van der Waals surface area contributed by atoms with Crippen molar-refractivity contribution in [3.8, 4) is 17.2 Å². The number of esters is 1. The van der Waals surface area contributed by atoms with E-state index in [0.29, 0.717) is 22.9 Å². The lowest BCUT2D eigenvalue weighted by molar-refractivity contribution is -0.119. The first-order chi connectivity index (χ1) is 12.1. The molecule has 0 fully saturated rings. The Kier molecular flexibility index (Phi) is 6.22. The number of rotatable bonds is 7. The molecule has 0 aliphatic heterocycles. The Morgan fingerprint density at radius 1 is 0.920 bits per heavy atom. The van der Waals surface area contributed by atoms with Crippen LogP contribution in [0.4, 0.5) is 5.69 Å². The van der Waals surface area contributed by atoms with E-state index in [4.69, 9.17) is 18.9 Å². The van der Waals surface area contributed by atoms with Crippen molar-refractivity contribution in [2.24, 2.45) is 0 Å². The van der Waals surface area contributed by atoms with E-state index >= 15 is 0 Å². The van der Waals surface area contributed by atoms with Gasteiger partial charge in [0.05, 0.1) is 27.0 Å². The molecule has 0 spiro atoms. The molecule has 1 N–H and O–H groups in total. The Labute approximate surface area is 145 Å². The van der Waals surface area contributed by atoms with Gasteiger partial charge >= 0.3 is 5.97 Å². The first-order valence-electron chi connectivity index (χ1n) is 7.41. The minimum absolute atomic E-state index is 0.247. The molecule has 0 unspecified atom stereocenters. The van der Waals surface area contributed by atoms with Crippen LogP contribution in [-0.2, 0) is 9.53 Å². The number of amides is 1. The van der Waals surface area contributed by atoms with E-state index in [-0.39, 0.29) is 5.56 Å². The van der Waals surface area contributed by atoms with Gasteiger partial charge in [0.2, 0.25) is 0 Å². The van der Waals surface area contributed by atoms with Crippen LogP contribution in [-0.4, -0.2) is 39.8 Å². The fourth-order valence-corrected chi connectivity index (χ4v) is 2.12. The summed E-state index contributed by atoms with van der Waals surface area (Å²) in [6.45, 7) is -0.447. The number of methoxy groups -OCH3 is 3. The Balaban J connectivity index is 2.00. The number of hydrogen-bond donors (Lipinski definition) is 1. The van der Waals surface area contributed by atoms with Gasteiger partial charge < -0.3 is 24.3 Å². The van der Waals surface area contributed by atoms with Crippen LogP contribution in [0, 0.1) is 0 Å². The molecule has 25 heavy (non-hydrogen) atoms. The predicted octanol–water partition coefficient (Wildman–Crippen LogP) is 2.51. The molecule has 0 saturated heterocycles. The standard InChI is InChI=1S/C18H19NO6/c1-22-12-8-9-16(24-3)14(10-12)19-17(20)11-25-18(21)13-6-4-5-7-15(13)23-2/h4-10H,11H2,1-3H3,(H,19,20). The number of para-hydroxylation sites is 1. The first kappa shape index (κ1) is 18.1. The number of benzene rings is 2. The van der Waals surface area contributed by atoms with E-state index in [1.165, 1.54) is 21.3 Å². The van der Waals surface area contributed by atoms with Gasteiger partial charge in [-0.15, -0.1) is 0 Å². The zero-order valence-electron chi connectivity index (χ0n) is 14.2. The minimum Gasteiger partial charge on any atom is -0.497 e. The summed E-state index contributed by atoms with van der Waals surface area (Å²) in [6, 6.07) is 11.6. The Morgan fingerprint density at radius 2 is 1.64 bits per heavy atom. The molecule has 0 heterocycles. The average Bonchev–Trinajstić information content (AvgIpc) is 2.65. The van der Waals surface area contributed by atoms with Crippen LogP contribution in [0.1, 0.15) is 10.4 Å². The van der Waals surface area contributed by atoms with Crippen LogP contribution >= 0.6 is 0 Å². The van der Waals surface area contributed by atoms with Crippen molar-refractivity contribution in [2.75, 3.05) is 33.3 Å². The molecular weight excluding hydrogens is 326 g/mol. The molecule has 0 radical (unpaired) electrons. The molecule has 0 aliphatic carbocycles. The molecule has 2 rings (SSSR count). The second-order valence-electron chi connectivity index (χ2n) is 4.89. The van der Waals surface area contributed by atoms with E-state index < -0.39 is 18.5 Å². The molecule has 0 saturated carbocycles. The number of nitrogens with one attached hydrogen (secondary N) is 1. The molecule has 0 aromatic heterocycles. The van der Waals surface area contributed by atoms with Crippen LogP contribution in [0.2, 0.25) is 0 Å². The van der Waals surface area contributed by atoms with Gasteiger partial charge in [-0.05, 0) is 24.3 Å². The second kappa shape index (κ2) is 8.58. The molecular formula is C18H19NO6. The van der Waals surface area contributed by atoms with E-state index in [1.807, 2.05) is 0 Å². The fraction of sp³-hybridized carbons (Fsp3) is 0.222. The number of carbonyl (C=O) groups is 2. The Hall–Kier alpha value is -3.22. The van der Waals surface area contributed by atoms with Gasteiger partial charge in [0.25, 0.3) is 5.91 Å². The van der Waals surface area contributed by atoms with Gasteiger partial charge in [0.15, 0.2) is 6.61 Å². The van der Waals surface area contributed by atoms with Crippen LogP contribution in [0.3, 0.4) is 0 Å². The van der Waals surface area contributed by atoms with E-state index in [0.717, 1.165) is 0 Å². The Morgan fingerprint density at radius 3 is 2.32 bits per heavy atom. The number of ether oxygens (including phenoxy) is 4. The van der Waals surface area contributed by atoms with E-state index in [1.54, 1.807) is 42.5 Å². The highest BCUT2D eigenvalue weighted by Crippen LogP contribution is 2.28. The Bertz CT molecular complexity index is 759. The second-order valence-corrected chi connectivity index (χ2v) is 4.89. The summed E-state index contributed by atoms with van der Waals surface area (Å²) in [5.74, 6) is 0.245. The first-order valence-corrected chi connectivity index (χ1v) is 7.41. The molecule has 7 nitrogen and oxygen atoms in total. The van der Waals surface area contributed by atoms with Crippen LogP contribution in [0.15, 0.2) is 42.5 Å². The van der Waals surface area contributed by atoms with Crippen molar-refractivity contribution < 1.29 is 28.5 Å². The zero-order valence-corrected chi connectivity index (χ0v) is 14.2. The van der Waals surface area contributed by atoms with Crippen LogP contribution in [0.25, 0.3) is 0 Å². The average molecular weight is 345 g/mol. The minimum atomic E-state index is -0.648. The lowest BCUT2D eigenvalue weighted by Gasteiger charge is -2.12. The third-order valence-corrected chi connectivity index (χ3v) is 3.34. The van der Waals surface area contributed by atoms with Crippen LogP contribution in [0.5, 0.6) is 17.2 Å². The summed E-state index contributed by atoms with van der Waals surface area (Å²) in [6.07, 6.45) is 0.